The second kappa shape index (κ2) is 14.5. The highest BCUT2D eigenvalue weighted by Gasteiger charge is 2.26. The standard InChI is InChI=1S/C32H41BrN6O8S/c1-31(2,3)21-18-23(27(44-7)24(19-21)37-48(8,42)43)35-28(40)20-9-10-22(33)25(17-20)45-26-11-12-34-29(36-26)38-13-15-39(16-14-38)47-30(41)46-32(4,5)6/h9-12,17-19,37H,13-16H2,1-8H3,(H,35,40). The first kappa shape index (κ1) is 36.7. The Hall–Kier alpha value is -4.15. The van der Waals surface area contributed by atoms with E-state index in [0.29, 0.717) is 48.0 Å². The van der Waals surface area contributed by atoms with Crippen LogP contribution in [-0.2, 0) is 25.0 Å². The van der Waals surface area contributed by atoms with E-state index in [9.17, 15) is 18.0 Å². The molecule has 14 nitrogen and oxygen atoms in total. The molecule has 1 aromatic heterocycles. The number of rotatable bonds is 9. The Morgan fingerprint density at radius 3 is 2.23 bits per heavy atom. The number of piperazine rings is 1. The van der Waals surface area contributed by atoms with Crippen molar-refractivity contribution in [3.63, 3.8) is 0 Å². The minimum Gasteiger partial charge on any atom is -0.492 e. The normalized spacial score (nSPS) is 14.2. The van der Waals surface area contributed by atoms with Crippen LogP contribution in [0.15, 0.2) is 47.1 Å². The number of nitrogens with one attached hydrogen (secondary N) is 2. The third kappa shape index (κ3) is 10.2. The molecule has 2 N–H and O–H groups in total. The number of methoxy groups -OCH3 is 1. The number of hydrogen-bond acceptors (Lipinski definition) is 12. The van der Waals surface area contributed by atoms with Crippen molar-refractivity contribution in [3.05, 3.63) is 58.2 Å². The van der Waals surface area contributed by atoms with Gasteiger partial charge in [-0.1, -0.05) is 20.8 Å². The summed E-state index contributed by atoms with van der Waals surface area (Å²) in [4.78, 5) is 41.7. The third-order valence-corrected chi connectivity index (χ3v) is 8.09. The summed E-state index contributed by atoms with van der Waals surface area (Å²) in [5.41, 5.74) is 0.532. The quantitative estimate of drug-likeness (QED) is 0.248. The van der Waals surface area contributed by atoms with E-state index in [4.69, 9.17) is 19.0 Å². The maximum atomic E-state index is 13.5. The predicted molar refractivity (Wildman–Crippen MR) is 185 cm³/mol. The number of hydrogen-bond donors (Lipinski definition) is 2. The van der Waals surface area contributed by atoms with Crippen LogP contribution in [0.5, 0.6) is 17.4 Å². The Kier molecular flexibility index (Phi) is 11.1. The molecule has 0 spiro atoms. The molecule has 1 fully saturated rings. The average Bonchev–Trinajstić information content (AvgIpc) is 2.96. The number of benzene rings is 2. The zero-order valence-corrected chi connectivity index (χ0v) is 30.6. The van der Waals surface area contributed by atoms with E-state index in [1.807, 2.05) is 25.7 Å². The van der Waals surface area contributed by atoms with Crippen molar-refractivity contribution in [1.82, 2.24) is 15.0 Å². The predicted octanol–water partition coefficient (Wildman–Crippen LogP) is 5.95. The molecule has 1 aliphatic rings. The van der Waals surface area contributed by atoms with Gasteiger partial charge in [0.25, 0.3) is 5.91 Å². The Morgan fingerprint density at radius 2 is 1.62 bits per heavy atom. The van der Waals surface area contributed by atoms with Gasteiger partial charge in [-0.3, -0.25) is 9.52 Å². The SMILES string of the molecule is COc1c(NC(=O)c2ccc(Br)c(Oc3ccnc(N4CCN(OC(=O)OC(C)(C)C)CC4)n3)c2)cc(C(C)(C)C)cc1NS(C)(=O)=O. The summed E-state index contributed by atoms with van der Waals surface area (Å²) >= 11 is 3.48. The molecule has 0 radical (unpaired) electrons. The van der Waals surface area contributed by atoms with E-state index >= 15 is 0 Å². The van der Waals surface area contributed by atoms with Crippen LogP contribution in [0.3, 0.4) is 0 Å². The van der Waals surface area contributed by atoms with Crippen LogP contribution in [-0.4, -0.2) is 80.7 Å². The fraction of sp³-hybridized carbons (Fsp3) is 0.438. The number of nitrogens with zero attached hydrogens (tertiary/aromatic N) is 4. The maximum absolute atomic E-state index is 13.5. The Morgan fingerprint density at radius 1 is 0.958 bits per heavy atom. The molecular weight excluding hydrogens is 708 g/mol. The number of ether oxygens (including phenoxy) is 3. The first-order valence-electron chi connectivity index (χ1n) is 15.0. The molecule has 1 aliphatic heterocycles. The molecule has 0 saturated carbocycles. The van der Waals surface area contributed by atoms with Gasteiger partial charge >= 0.3 is 6.16 Å². The highest BCUT2D eigenvalue weighted by atomic mass is 79.9. The first-order chi connectivity index (χ1) is 22.3. The molecule has 1 saturated heterocycles. The van der Waals surface area contributed by atoms with Crippen LogP contribution < -0.4 is 24.4 Å². The number of carbonyl (C=O) groups excluding carboxylic acids is 2. The highest BCUT2D eigenvalue weighted by molar-refractivity contribution is 9.10. The summed E-state index contributed by atoms with van der Waals surface area (Å²) in [5.74, 6) is 0.705. The lowest BCUT2D eigenvalue weighted by Gasteiger charge is -2.33. The molecule has 0 unspecified atom stereocenters. The summed E-state index contributed by atoms with van der Waals surface area (Å²) in [7, 11) is -2.24. The van der Waals surface area contributed by atoms with Crippen molar-refractivity contribution >= 4 is 55.3 Å². The molecule has 2 aromatic carbocycles. The van der Waals surface area contributed by atoms with Gasteiger partial charge in [0.2, 0.25) is 21.9 Å². The van der Waals surface area contributed by atoms with E-state index in [2.05, 4.69) is 35.9 Å². The Bertz CT molecular complexity index is 1770. The summed E-state index contributed by atoms with van der Waals surface area (Å²) in [6.45, 7) is 13.1. The van der Waals surface area contributed by atoms with E-state index in [1.54, 1.807) is 63.4 Å². The summed E-state index contributed by atoms with van der Waals surface area (Å²) in [6.07, 6.45) is 1.86. The lowest BCUT2D eigenvalue weighted by Crippen LogP contribution is -2.48. The second-order valence-corrected chi connectivity index (χ2v) is 15.7. The molecule has 4 rings (SSSR count). The molecule has 1 amide bonds. The van der Waals surface area contributed by atoms with Crippen molar-refractivity contribution in [1.29, 1.82) is 0 Å². The van der Waals surface area contributed by atoms with Gasteiger partial charge in [-0.25, -0.2) is 18.2 Å². The number of aromatic nitrogens is 2. The third-order valence-electron chi connectivity index (χ3n) is 6.84. The van der Waals surface area contributed by atoms with Crippen LogP contribution in [0, 0.1) is 0 Å². The number of anilines is 3. The summed E-state index contributed by atoms with van der Waals surface area (Å²) < 4.78 is 44.1. The number of halogens is 1. The lowest BCUT2D eigenvalue weighted by molar-refractivity contribution is -0.144. The molecule has 3 aromatic rings. The smallest absolute Gasteiger partial charge is 0.492 e. The van der Waals surface area contributed by atoms with Crippen LogP contribution in [0.25, 0.3) is 0 Å². The summed E-state index contributed by atoms with van der Waals surface area (Å²) in [5, 5.41) is 4.40. The fourth-order valence-corrected chi connectivity index (χ4v) is 5.45. The Balaban J connectivity index is 1.49. The van der Waals surface area contributed by atoms with Crippen molar-refractivity contribution in [2.24, 2.45) is 0 Å². The van der Waals surface area contributed by atoms with Gasteiger partial charge in [-0.15, -0.1) is 5.06 Å². The van der Waals surface area contributed by atoms with Crippen LogP contribution in [0.1, 0.15) is 57.5 Å². The van der Waals surface area contributed by atoms with E-state index < -0.39 is 27.7 Å². The minimum absolute atomic E-state index is 0.168. The van der Waals surface area contributed by atoms with Crippen LogP contribution in [0.4, 0.5) is 22.1 Å². The number of carbonyl (C=O) groups is 2. The molecule has 0 aliphatic carbocycles. The van der Waals surface area contributed by atoms with Crippen molar-refractivity contribution < 1.29 is 37.1 Å². The van der Waals surface area contributed by atoms with E-state index in [1.165, 1.54) is 12.2 Å². The molecule has 16 heteroatoms. The largest absolute Gasteiger partial charge is 0.528 e. The van der Waals surface area contributed by atoms with Crippen molar-refractivity contribution in [3.8, 4) is 17.4 Å². The fourth-order valence-electron chi connectivity index (χ4n) is 4.58. The van der Waals surface area contributed by atoms with Gasteiger partial charge in [0.1, 0.15) is 11.4 Å². The topological polar surface area (TPSA) is 162 Å². The van der Waals surface area contributed by atoms with Crippen LogP contribution >= 0.6 is 15.9 Å². The van der Waals surface area contributed by atoms with Gasteiger partial charge in [0, 0.05) is 30.9 Å². The number of hydroxylamine groups is 2. The van der Waals surface area contributed by atoms with E-state index in [0.717, 1.165) is 11.8 Å². The minimum atomic E-state index is -3.63. The van der Waals surface area contributed by atoms with Gasteiger partial charge in [-0.05, 0) is 78.0 Å². The molecule has 2 heterocycles. The maximum Gasteiger partial charge on any atom is 0.528 e. The number of amides is 1. The number of sulfonamides is 1. The highest BCUT2D eigenvalue weighted by Crippen LogP contribution is 2.39. The van der Waals surface area contributed by atoms with Gasteiger partial charge in [0.05, 0.1) is 42.3 Å². The molecular formula is C32H41BrN6O8S. The average molecular weight is 750 g/mol. The van der Waals surface area contributed by atoms with Crippen molar-refractivity contribution in [2.45, 2.75) is 52.6 Å². The Labute approximate surface area is 289 Å². The van der Waals surface area contributed by atoms with Crippen LogP contribution in [0.2, 0.25) is 0 Å². The zero-order valence-electron chi connectivity index (χ0n) is 28.2. The second-order valence-electron chi connectivity index (χ2n) is 13.1. The van der Waals surface area contributed by atoms with Gasteiger partial charge < -0.3 is 29.3 Å². The van der Waals surface area contributed by atoms with E-state index in [-0.39, 0.29) is 28.3 Å². The monoisotopic (exact) mass is 748 g/mol. The van der Waals surface area contributed by atoms with Gasteiger partial charge in [-0.2, -0.15) is 4.98 Å². The first-order valence-corrected chi connectivity index (χ1v) is 17.7. The molecule has 260 valence electrons. The molecule has 0 bridgehead atoms. The molecule has 0 atom stereocenters. The lowest BCUT2D eigenvalue weighted by atomic mass is 9.86. The van der Waals surface area contributed by atoms with Gasteiger partial charge in [0.15, 0.2) is 5.75 Å². The van der Waals surface area contributed by atoms with Crippen molar-refractivity contribution in [2.75, 3.05) is 54.5 Å². The zero-order chi connectivity index (χ0) is 35.4. The summed E-state index contributed by atoms with van der Waals surface area (Å²) in [6, 6.07) is 9.90. The molecule has 48 heavy (non-hydrogen) atoms.